The van der Waals surface area contributed by atoms with E-state index in [0.29, 0.717) is 16.8 Å². The van der Waals surface area contributed by atoms with Gasteiger partial charge in [-0.2, -0.15) is 10.5 Å². The van der Waals surface area contributed by atoms with Gasteiger partial charge in [0.15, 0.2) is 5.69 Å². The molecule has 0 aliphatic heterocycles. The number of hydrogen-bond donors (Lipinski definition) is 0. The van der Waals surface area contributed by atoms with Gasteiger partial charge in [0.25, 0.3) is 0 Å². The molecule has 1 aromatic heterocycles. The molecule has 0 fully saturated rings. The van der Waals surface area contributed by atoms with E-state index in [2.05, 4.69) is 113 Å². The number of fused-ring (bicyclic) bond motifs is 5. The molecular weight excluding hydrogens is 621 g/mol. The van der Waals surface area contributed by atoms with E-state index in [0.717, 1.165) is 76.9 Å². The summed E-state index contributed by atoms with van der Waals surface area (Å²) in [6, 6.07) is 57.9. The molecule has 4 nitrogen and oxygen atoms in total. The van der Waals surface area contributed by atoms with Crippen molar-refractivity contribution in [3.8, 4) is 51.2 Å². The van der Waals surface area contributed by atoms with E-state index >= 15 is 0 Å². The lowest BCUT2D eigenvalue weighted by molar-refractivity contribution is 1.18. The summed E-state index contributed by atoms with van der Waals surface area (Å²) in [4.78, 5) is 3.84. The number of benzene rings is 8. The van der Waals surface area contributed by atoms with Crippen molar-refractivity contribution in [2.24, 2.45) is 0 Å². The highest BCUT2D eigenvalue weighted by Gasteiger charge is 2.21. The van der Waals surface area contributed by atoms with E-state index in [1.807, 2.05) is 66.7 Å². The average Bonchev–Trinajstić information content (AvgIpc) is 3.53. The fraction of sp³-hybridized carbons (Fsp3) is 0. The molecule has 0 saturated carbocycles. The second-order valence-electron chi connectivity index (χ2n) is 12.6. The highest BCUT2D eigenvalue weighted by Crippen LogP contribution is 2.47. The Morgan fingerprint density at radius 2 is 1.08 bits per heavy atom. The van der Waals surface area contributed by atoms with Crippen LogP contribution in [-0.4, -0.2) is 4.57 Å². The van der Waals surface area contributed by atoms with Gasteiger partial charge in [0, 0.05) is 22.0 Å². The number of hydrogen-bond acceptors (Lipinski definition) is 2. The molecule has 0 bridgehead atoms. The van der Waals surface area contributed by atoms with Crippen LogP contribution in [0, 0.1) is 29.2 Å². The number of aromatic nitrogens is 1. The molecule has 0 atom stereocenters. The number of para-hydroxylation sites is 1. The van der Waals surface area contributed by atoms with Crippen molar-refractivity contribution in [1.82, 2.24) is 4.57 Å². The quantitative estimate of drug-likeness (QED) is 0.141. The van der Waals surface area contributed by atoms with Crippen molar-refractivity contribution < 1.29 is 0 Å². The maximum Gasteiger partial charge on any atom is 0.187 e. The van der Waals surface area contributed by atoms with E-state index in [-0.39, 0.29) is 0 Å². The third-order valence-electron chi connectivity index (χ3n) is 9.87. The van der Waals surface area contributed by atoms with E-state index < -0.39 is 0 Å². The Morgan fingerprint density at radius 1 is 0.471 bits per heavy atom. The number of nitrogens with zero attached hydrogens (tertiary/aromatic N) is 4. The van der Waals surface area contributed by atoms with Crippen molar-refractivity contribution in [3.63, 3.8) is 0 Å². The Bertz CT molecular complexity index is 2940. The highest BCUT2D eigenvalue weighted by atomic mass is 15.0. The summed E-state index contributed by atoms with van der Waals surface area (Å²) in [6.07, 6.45) is 0. The van der Waals surface area contributed by atoms with Crippen LogP contribution in [0.15, 0.2) is 158 Å². The normalized spacial score (nSPS) is 11.1. The maximum atomic E-state index is 10.7. The largest absolute Gasteiger partial charge is 0.309 e. The molecular formula is C47H26N4. The molecule has 0 N–H and O–H groups in total. The maximum absolute atomic E-state index is 10.7. The standard InChI is InChI=1S/C47H26N4/c1-50-33-20-22-36(35-23-21-34(26-32(35)29-49)51-44-18-10-9-13-37(44)42-25-30(28-48)19-24-45(42)51)43(27-33)47-40-16-7-5-14-38(40)46(31-11-3-2-4-12-31)39-15-6-8-17-41(39)47/h2-27H. The lowest BCUT2D eigenvalue weighted by atomic mass is 9.83. The Hall–Kier alpha value is -7.45. The molecule has 9 rings (SSSR count). The molecule has 234 valence electrons. The van der Waals surface area contributed by atoms with Crippen molar-refractivity contribution >= 4 is 49.0 Å². The summed E-state index contributed by atoms with van der Waals surface area (Å²) >= 11 is 0. The topological polar surface area (TPSA) is 56.9 Å². The minimum Gasteiger partial charge on any atom is -0.309 e. The van der Waals surface area contributed by atoms with Crippen LogP contribution in [-0.2, 0) is 0 Å². The monoisotopic (exact) mass is 646 g/mol. The van der Waals surface area contributed by atoms with Gasteiger partial charge in [0.05, 0.1) is 40.9 Å². The molecule has 51 heavy (non-hydrogen) atoms. The lowest BCUT2D eigenvalue weighted by Crippen LogP contribution is -1.97. The van der Waals surface area contributed by atoms with Gasteiger partial charge in [-0.25, -0.2) is 4.85 Å². The third kappa shape index (κ3) is 4.66. The van der Waals surface area contributed by atoms with Crippen LogP contribution < -0.4 is 0 Å². The van der Waals surface area contributed by atoms with Gasteiger partial charge in [0.1, 0.15) is 0 Å². The molecule has 0 amide bonds. The fourth-order valence-electron chi connectivity index (χ4n) is 7.70. The lowest BCUT2D eigenvalue weighted by Gasteiger charge is -2.20. The Morgan fingerprint density at radius 3 is 1.75 bits per heavy atom. The molecule has 8 aromatic carbocycles. The van der Waals surface area contributed by atoms with Crippen LogP contribution >= 0.6 is 0 Å². The Labute approximate surface area is 294 Å². The predicted molar refractivity (Wildman–Crippen MR) is 208 cm³/mol. The summed E-state index contributed by atoms with van der Waals surface area (Å²) in [7, 11) is 0. The summed E-state index contributed by atoms with van der Waals surface area (Å²) in [5.74, 6) is 0. The van der Waals surface area contributed by atoms with E-state index in [1.54, 1.807) is 0 Å². The summed E-state index contributed by atoms with van der Waals surface area (Å²) < 4.78 is 2.16. The molecule has 1 heterocycles. The number of rotatable bonds is 4. The van der Waals surface area contributed by atoms with Gasteiger partial charge in [-0.3, -0.25) is 0 Å². The van der Waals surface area contributed by atoms with Crippen LogP contribution in [0.25, 0.3) is 87.3 Å². The Kier molecular flexibility index (Phi) is 6.93. The Balaban J connectivity index is 1.32. The molecule has 4 heteroatoms. The van der Waals surface area contributed by atoms with Crippen LogP contribution in [0.3, 0.4) is 0 Å². The second-order valence-corrected chi connectivity index (χ2v) is 12.6. The fourth-order valence-corrected chi connectivity index (χ4v) is 7.70. The van der Waals surface area contributed by atoms with Crippen LogP contribution in [0.1, 0.15) is 11.1 Å². The zero-order valence-corrected chi connectivity index (χ0v) is 27.3. The SMILES string of the molecule is [C-]#[N+]c1ccc(-c2ccc(-n3c4ccccc4c4cc(C#N)ccc43)cc2C#N)c(-c2c3ccccc3c(-c3ccccc3)c3ccccc23)c1. The summed E-state index contributed by atoms with van der Waals surface area (Å²) in [5, 5.41) is 26.8. The van der Waals surface area contributed by atoms with Gasteiger partial charge in [-0.05, 0) is 91.8 Å². The molecule has 0 radical (unpaired) electrons. The van der Waals surface area contributed by atoms with Gasteiger partial charge in [-0.1, -0.05) is 115 Å². The van der Waals surface area contributed by atoms with E-state index in [9.17, 15) is 10.5 Å². The van der Waals surface area contributed by atoms with Crippen molar-refractivity contribution in [1.29, 1.82) is 10.5 Å². The highest BCUT2D eigenvalue weighted by molar-refractivity contribution is 6.22. The van der Waals surface area contributed by atoms with Gasteiger partial charge < -0.3 is 4.57 Å². The summed E-state index contributed by atoms with van der Waals surface area (Å²) in [6.45, 7) is 7.95. The molecule has 0 unspecified atom stereocenters. The molecule has 0 saturated heterocycles. The van der Waals surface area contributed by atoms with Crippen LogP contribution in [0.2, 0.25) is 0 Å². The average molecular weight is 647 g/mol. The predicted octanol–water partition coefficient (Wildman–Crippen LogP) is 12.4. The zero-order valence-electron chi connectivity index (χ0n) is 27.3. The van der Waals surface area contributed by atoms with E-state index in [4.69, 9.17) is 6.57 Å². The van der Waals surface area contributed by atoms with Crippen LogP contribution in [0.5, 0.6) is 0 Å². The molecule has 9 aromatic rings. The van der Waals surface area contributed by atoms with E-state index in [1.165, 1.54) is 5.56 Å². The number of nitriles is 2. The van der Waals surface area contributed by atoms with Gasteiger partial charge >= 0.3 is 0 Å². The molecule has 0 aliphatic carbocycles. The minimum absolute atomic E-state index is 0.526. The molecule has 0 aliphatic rings. The van der Waals surface area contributed by atoms with Gasteiger partial charge in [0.2, 0.25) is 0 Å². The van der Waals surface area contributed by atoms with Gasteiger partial charge in [-0.15, -0.1) is 0 Å². The molecule has 0 spiro atoms. The smallest absolute Gasteiger partial charge is 0.187 e. The zero-order chi connectivity index (χ0) is 34.5. The summed E-state index contributed by atoms with van der Waals surface area (Å²) in [5.41, 5.74) is 10.4. The first-order valence-electron chi connectivity index (χ1n) is 16.7. The van der Waals surface area contributed by atoms with Crippen LogP contribution in [0.4, 0.5) is 5.69 Å². The first-order valence-corrected chi connectivity index (χ1v) is 16.7. The minimum atomic E-state index is 0.526. The second kappa shape index (κ2) is 11.9. The third-order valence-corrected chi connectivity index (χ3v) is 9.87. The first kappa shape index (κ1) is 29.7. The van der Waals surface area contributed by atoms with Crippen molar-refractivity contribution in [2.45, 2.75) is 0 Å². The van der Waals surface area contributed by atoms with Crippen molar-refractivity contribution in [2.75, 3.05) is 0 Å². The first-order chi connectivity index (χ1) is 25.2. The van der Waals surface area contributed by atoms with Crippen molar-refractivity contribution in [3.05, 3.63) is 180 Å².